The van der Waals surface area contributed by atoms with Crippen LogP contribution in [0, 0.1) is 5.92 Å². The molecule has 1 fully saturated rings. The Morgan fingerprint density at radius 2 is 2.15 bits per heavy atom. The summed E-state index contributed by atoms with van der Waals surface area (Å²) in [6.07, 6.45) is 8.37. The van der Waals surface area contributed by atoms with Gasteiger partial charge < -0.3 is 10.1 Å². The molecular formula is C16H24N2O2. The molecule has 1 aromatic rings. The summed E-state index contributed by atoms with van der Waals surface area (Å²) in [5, 5.41) is 3.55. The molecule has 1 saturated carbocycles. The first kappa shape index (κ1) is 15.0. The van der Waals surface area contributed by atoms with Gasteiger partial charge in [0.25, 0.3) is 0 Å². The van der Waals surface area contributed by atoms with E-state index in [-0.39, 0.29) is 5.97 Å². The Balaban J connectivity index is 1.82. The zero-order valence-corrected chi connectivity index (χ0v) is 12.4. The Morgan fingerprint density at radius 3 is 2.75 bits per heavy atom. The first-order valence-corrected chi connectivity index (χ1v) is 7.47. The third-order valence-corrected chi connectivity index (χ3v) is 4.21. The van der Waals surface area contributed by atoms with E-state index in [1.54, 1.807) is 12.3 Å². The topological polar surface area (TPSA) is 51.2 Å². The van der Waals surface area contributed by atoms with Crippen LogP contribution in [-0.2, 0) is 11.3 Å². The van der Waals surface area contributed by atoms with Crippen molar-refractivity contribution < 1.29 is 9.53 Å². The predicted molar refractivity (Wildman–Crippen MR) is 78.5 cm³/mol. The molecule has 110 valence electrons. The number of esters is 1. The molecule has 1 N–H and O–H groups in total. The number of nitrogens with one attached hydrogen (secondary N) is 1. The van der Waals surface area contributed by atoms with Gasteiger partial charge in [-0.05, 0) is 37.8 Å². The van der Waals surface area contributed by atoms with Gasteiger partial charge in [-0.1, -0.05) is 19.3 Å². The van der Waals surface area contributed by atoms with Gasteiger partial charge in [-0.3, -0.25) is 4.98 Å². The standard InChI is InChI=1S/C16H24N2O2/c1-12(13-6-4-3-5-7-13)17-11-15-9-8-14(10-18-15)16(19)20-2/h8-10,12-13,17H,3-7,11H2,1-2H3. The van der Waals surface area contributed by atoms with Crippen molar-refractivity contribution in [2.45, 2.75) is 51.6 Å². The number of carbonyl (C=O) groups excluding carboxylic acids is 1. The molecule has 2 rings (SSSR count). The van der Waals surface area contributed by atoms with Crippen LogP contribution in [-0.4, -0.2) is 24.1 Å². The van der Waals surface area contributed by atoms with Gasteiger partial charge in [0.1, 0.15) is 0 Å². The summed E-state index contributed by atoms with van der Waals surface area (Å²) in [5.74, 6) is 0.450. The molecular weight excluding hydrogens is 252 g/mol. The van der Waals surface area contributed by atoms with E-state index >= 15 is 0 Å². The van der Waals surface area contributed by atoms with E-state index in [2.05, 4.69) is 22.0 Å². The number of rotatable bonds is 5. The van der Waals surface area contributed by atoms with Gasteiger partial charge in [-0.15, -0.1) is 0 Å². The highest BCUT2D eigenvalue weighted by molar-refractivity contribution is 5.88. The van der Waals surface area contributed by atoms with Crippen LogP contribution in [0.15, 0.2) is 18.3 Å². The van der Waals surface area contributed by atoms with Crippen molar-refractivity contribution >= 4 is 5.97 Å². The molecule has 0 amide bonds. The molecule has 1 aliphatic rings. The van der Waals surface area contributed by atoms with Crippen LogP contribution in [0.4, 0.5) is 0 Å². The number of hydrogen-bond acceptors (Lipinski definition) is 4. The molecule has 0 spiro atoms. The number of methoxy groups -OCH3 is 1. The van der Waals surface area contributed by atoms with Gasteiger partial charge in [0.05, 0.1) is 18.4 Å². The molecule has 0 saturated heterocycles. The molecule has 4 nitrogen and oxygen atoms in total. The minimum Gasteiger partial charge on any atom is -0.465 e. The highest BCUT2D eigenvalue weighted by atomic mass is 16.5. The molecule has 1 aliphatic carbocycles. The van der Waals surface area contributed by atoms with Crippen LogP contribution in [0.1, 0.15) is 55.1 Å². The van der Waals surface area contributed by atoms with Crippen LogP contribution < -0.4 is 5.32 Å². The van der Waals surface area contributed by atoms with Gasteiger partial charge in [-0.2, -0.15) is 0 Å². The fourth-order valence-electron chi connectivity index (χ4n) is 2.83. The van der Waals surface area contributed by atoms with Crippen molar-refractivity contribution in [2.75, 3.05) is 7.11 Å². The van der Waals surface area contributed by atoms with E-state index in [0.717, 1.165) is 18.2 Å². The maximum atomic E-state index is 11.3. The molecule has 0 aliphatic heterocycles. The minimum absolute atomic E-state index is 0.340. The molecule has 1 aromatic heterocycles. The summed E-state index contributed by atoms with van der Waals surface area (Å²) < 4.78 is 4.66. The van der Waals surface area contributed by atoms with Crippen molar-refractivity contribution in [1.29, 1.82) is 0 Å². The van der Waals surface area contributed by atoms with Crippen molar-refractivity contribution in [2.24, 2.45) is 5.92 Å². The van der Waals surface area contributed by atoms with Gasteiger partial charge in [0.2, 0.25) is 0 Å². The summed E-state index contributed by atoms with van der Waals surface area (Å²) in [4.78, 5) is 15.6. The van der Waals surface area contributed by atoms with Crippen LogP contribution in [0.25, 0.3) is 0 Å². The predicted octanol–water partition coefficient (Wildman–Crippen LogP) is 2.93. The van der Waals surface area contributed by atoms with Crippen LogP contribution >= 0.6 is 0 Å². The normalized spacial score (nSPS) is 17.7. The van der Waals surface area contributed by atoms with E-state index in [1.807, 2.05) is 6.07 Å². The van der Waals surface area contributed by atoms with Gasteiger partial charge >= 0.3 is 5.97 Å². The summed E-state index contributed by atoms with van der Waals surface area (Å²) in [6, 6.07) is 4.17. The highest BCUT2D eigenvalue weighted by Crippen LogP contribution is 2.26. The molecule has 0 bridgehead atoms. The summed E-state index contributed by atoms with van der Waals surface area (Å²) in [5.41, 5.74) is 1.46. The lowest BCUT2D eigenvalue weighted by atomic mass is 9.84. The Morgan fingerprint density at radius 1 is 1.40 bits per heavy atom. The molecule has 0 radical (unpaired) electrons. The first-order chi connectivity index (χ1) is 9.70. The van der Waals surface area contributed by atoms with Gasteiger partial charge in [0, 0.05) is 18.8 Å². The van der Waals surface area contributed by atoms with Crippen molar-refractivity contribution in [3.8, 4) is 0 Å². The van der Waals surface area contributed by atoms with E-state index in [4.69, 9.17) is 0 Å². The lowest BCUT2D eigenvalue weighted by Crippen LogP contribution is -2.34. The number of pyridine rings is 1. The zero-order valence-electron chi connectivity index (χ0n) is 12.4. The third-order valence-electron chi connectivity index (χ3n) is 4.21. The average Bonchev–Trinajstić information content (AvgIpc) is 2.53. The SMILES string of the molecule is COC(=O)c1ccc(CNC(C)C2CCCCC2)nc1. The van der Waals surface area contributed by atoms with Crippen molar-refractivity contribution in [1.82, 2.24) is 10.3 Å². The quantitative estimate of drug-likeness (QED) is 0.840. The smallest absolute Gasteiger partial charge is 0.339 e. The highest BCUT2D eigenvalue weighted by Gasteiger charge is 2.19. The molecule has 0 aromatic carbocycles. The third kappa shape index (κ3) is 4.04. The van der Waals surface area contributed by atoms with E-state index in [0.29, 0.717) is 11.6 Å². The van der Waals surface area contributed by atoms with Crippen molar-refractivity contribution in [3.63, 3.8) is 0 Å². The van der Waals surface area contributed by atoms with E-state index in [1.165, 1.54) is 39.2 Å². The number of ether oxygens (including phenoxy) is 1. The van der Waals surface area contributed by atoms with Crippen LogP contribution in [0.2, 0.25) is 0 Å². The Kier molecular flexibility index (Phi) is 5.53. The lowest BCUT2D eigenvalue weighted by molar-refractivity contribution is 0.0600. The van der Waals surface area contributed by atoms with Gasteiger partial charge in [-0.25, -0.2) is 4.79 Å². The Labute approximate surface area is 120 Å². The summed E-state index contributed by atoms with van der Waals surface area (Å²) in [6.45, 7) is 3.01. The second kappa shape index (κ2) is 7.39. The minimum atomic E-state index is -0.340. The van der Waals surface area contributed by atoms with Gasteiger partial charge in [0.15, 0.2) is 0 Å². The van der Waals surface area contributed by atoms with Crippen LogP contribution in [0.3, 0.4) is 0 Å². The number of nitrogens with zero attached hydrogens (tertiary/aromatic N) is 1. The molecule has 20 heavy (non-hydrogen) atoms. The van der Waals surface area contributed by atoms with E-state index < -0.39 is 0 Å². The Hall–Kier alpha value is -1.42. The molecule has 1 heterocycles. The molecule has 4 heteroatoms. The monoisotopic (exact) mass is 276 g/mol. The molecule has 1 atom stereocenters. The zero-order chi connectivity index (χ0) is 14.4. The fourth-order valence-corrected chi connectivity index (χ4v) is 2.83. The first-order valence-electron chi connectivity index (χ1n) is 7.47. The average molecular weight is 276 g/mol. The largest absolute Gasteiger partial charge is 0.465 e. The summed E-state index contributed by atoms with van der Waals surface area (Å²) >= 11 is 0. The number of carbonyl (C=O) groups is 1. The second-order valence-electron chi connectivity index (χ2n) is 5.60. The fraction of sp³-hybridized carbons (Fsp3) is 0.625. The molecule has 1 unspecified atom stereocenters. The number of hydrogen-bond donors (Lipinski definition) is 1. The lowest BCUT2D eigenvalue weighted by Gasteiger charge is -2.28. The van der Waals surface area contributed by atoms with E-state index in [9.17, 15) is 4.79 Å². The van der Waals surface area contributed by atoms with Crippen LogP contribution in [0.5, 0.6) is 0 Å². The number of aromatic nitrogens is 1. The maximum Gasteiger partial charge on any atom is 0.339 e. The maximum absolute atomic E-state index is 11.3. The summed E-state index contributed by atoms with van der Waals surface area (Å²) in [7, 11) is 1.38. The van der Waals surface area contributed by atoms with Crippen molar-refractivity contribution in [3.05, 3.63) is 29.6 Å². The Bertz CT molecular complexity index is 425. The second-order valence-corrected chi connectivity index (χ2v) is 5.60.